The van der Waals surface area contributed by atoms with Gasteiger partial charge in [0.2, 0.25) is 11.8 Å². The van der Waals surface area contributed by atoms with Crippen molar-refractivity contribution in [3.63, 3.8) is 0 Å². The van der Waals surface area contributed by atoms with E-state index in [0.29, 0.717) is 10.7 Å². The molecular formula is C15H18Cl2N2O4S. The zero-order chi connectivity index (χ0) is 17.0. The number of imide groups is 1. The van der Waals surface area contributed by atoms with Gasteiger partial charge in [-0.2, -0.15) is 0 Å². The highest BCUT2D eigenvalue weighted by Crippen LogP contribution is 2.30. The summed E-state index contributed by atoms with van der Waals surface area (Å²) in [6.45, 7) is 1.95. The Morgan fingerprint density at radius 1 is 1.42 bits per heavy atom. The van der Waals surface area contributed by atoms with Crippen LogP contribution in [0, 0.1) is 0 Å². The Balaban J connectivity index is 0.00000288. The molecule has 9 heteroatoms. The maximum absolute atomic E-state index is 12.4. The zero-order valence-electron chi connectivity index (χ0n) is 12.9. The monoisotopic (exact) mass is 392 g/mol. The molecule has 2 N–H and O–H groups in total. The number of esters is 1. The highest BCUT2D eigenvalue weighted by atomic mass is 35.5. The lowest BCUT2D eigenvalue weighted by atomic mass is 10.3. The van der Waals surface area contributed by atoms with Crippen molar-refractivity contribution in [1.82, 2.24) is 0 Å². The number of halogens is 2. The average molecular weight is 393 g/mol. The topological polar surface area (TPSA) is 89.7 Å². The van der Waals surface area contributed by atoms with E-state index in [4.69, 9.17) is 22.1 Å². The van der Waals surface area contributed by atoms with Crippen molar-refractivity contribution in [2.75, 3.05) is 17.3 Å². The molecule has 2 atom stereocenters. The summed E-state index contributed by atoms with van der Waals surface area (Å²) in [5, 5.41) is -0.0159. The molecule has 1 aromatic carbocycles. The van der Waals surface area contributed by atoms with Crippen molar-refractivity contribution in [3.05, 3.63) is 29.3 Å². The van der Waals surface area contributed by atoms with Crippen LogP contribution in [0.5, 0.6) is 0 Å². The number of hydrogen-bond acceptors (Lipinski definition) is 6. The third-order valence-electron chi connectivity index (χ3n) is 3.26. The SMILES string of the molecule is CCOC(=O)[C@@H](N)CSC1CC(=O)N(c2ccc(Cl)cc2)C1=O.Cl. The molecule has 0 bridgehead atoms. The van der Waals surface area contributed by atoms with Gasteiger partial charge < -0.3 is 10.5 Å². The highest BCUT2D eigenvalue weighted by Gasteiger charge is 2.40. The minimum absolute atomic E-state index is 0. The molecule has 1 aromatic rings. The summed E-state index contributed by atoms with van der Waals surface area (Å²) in [4.78, 5) is 37.1. The van der Waals surface area contributed by atoms with Gasteiger partial charge in [0.15, 0.2) is 0 Å². The molecule has 6 nitrogen and oxygen atoms in total. The number of anilines is 1. The first-order chi connectivity index (χ1) is 10.9. The van der Waals surface area contributed by atoms with Crippen LogP contribution in [0.25, 0.3) is 0 Å². The number of carbonyl (C=O) groups is 3. The van der Waals surface area contributed by atoms with Crippen molar-refractivity contribution >= 4 is 59.2 Å². The third kappa shape index (κ3) is 4.86. The Bertz CT molecular complexity index is 612. The molecule has 1 fully saturated rings. The average Bonchev–Trinajstić information content (AvgIpc) is 2.80. The normalized spacial score (nSPS) is 18.3. The molecule has 1 aliphatic rings. The van der Waals surface area contributed by atoms with Crippen LogP contribution in [0.2, 0.25) is 5.02 Å². The van der Waals surface area contributed by atoms with Crippen LogP contribution in [0.4, 0.5) is 5.69 Å². The van der Waals surface area contributed by atoms with Crippen LogP contribution in [-0.4, -0.2) is 41.4 Å². The molecule has 0 aromatic heterocycles. The molecule has 0 radical (unpaired) electrons. The summed E-state index contributed by atoms with van der Waals surface area (Å²) < 4.78 is 4.82. The van der Waals surface area contributed by atoms with Gasteiger partial charge in [0, 0.05) is 17.2 Å². The molecule has 0 spiro atoms. The molecule has 0 saturated carbocycles. The molecule has 1 unspecified atom stereocenters. The fraction of sp³-hybridized carbons (Fsp3) is 0.400. The van der Waals surface area contributed by atoms with E-state index in [2.05, 4.69) is 0 Å². The van der Waals surface area contributed by atoms with Gasteiger partial charge in [-0.25, -0.2) is 4.90 Å². The third-order valence-corrected chi connectivity index (χ3v) is 4.83. The predicted molar refractivity (Wildman–Crippen MR) is 96.7 cm³/mol. The number of nitrogens with zero attached hydrogens (tertiary/aromatic N) is 1. The van der Waals surface area contributed by atoms with Crippen LogP contribution in [-0.2, 0) is 19.1 Å². The molecule has 0 aliphatic carbocycles. The van der Waals surface area contributed by atoms with Crippen LogP contribution >= 0.6 is 35.8 Å². The van der Waals surface area contributed by atoms with Crippen molar-refractivity contribution in [1.29, 1.82) is 0 Å². The Hall–Kier alpha value is -1.28. The van der Waals surface area contributed by atoms with Crippen LogP contribution in [0.3, 0.4) is 0 Å². The van der Waals surface area contributed by atoms with Crippen molar-refractivity contribution in [2.24, 2.45) is 5.73 Å². The number of amides is 2. The quantitative estimate of drug-likeness (QED) is 0.588. The van der Waals surface area contributed by atoms with Gasteiger partial charge in [-0.05, 0) is 31.2 Å². The minimum Gasteiger partial charge on any atom is -0.465 e. The van der Waals surface area contributed by atoms with Crippen molar-refractivity contribution in [3.8, 4) is 0 Å². The number of carbonyl (C=O) groups excluding carboxylic acids is 3. The summed E-state index contributed by atoms with van der Waals surface area (Å²) >= 11 is 7.01. The van der Waals surface area contributed by atoms with Gasteiger partial charge in [-0.15, -0.1) is 24.2 Å². The number of hydrogen-bond donors (Lipinski definition) is 1. The highest BCUT2D eigenvalue weighted by molar-refractivity contribution is 8.00. The van der Waals surface area contributed by atoms with E-state index < -0.39 is 17.3 Å². The Morgan fingerprint density at radius 2 is 2.04 bits per heavy atom. The molecule has 2 rings (SSSR count). The van der Waals surface area contributed by atoms with E-state index >= 15 is 0 Å². The summed E-state index contributed by atoms with van der Waals surface area (Å²) in [6, 6.07) is 5.67. The second kappa shape index (κ2) is 9.27. The number of nitrogens with two attached hydrogens (primary N) is 1. The maximum Gasteiger partial charge on any atom is 0.323 e. The molecule has 1 aliphatic heterocycles. The van der Waals surface area contributed by atoms with Crippen molar-refractivity contribution < 1.29 is 19.1 Å². The fourth-order valence-electron chi connectivity index (χ4n) is 2.13. The summed E-state index contributed by atoms with van der Waals surface area (Å²) in [5.74, 6) is -0.874. The van der Waals surface area contributed by atoms with Gasteiger partial charge >= 0.3 is 5.97 Å². The Morgan fingerprint density at radius 3 is 2.62 bits per heavy atom. The number of thioether (sulfide) groups is 1. The molecule has 1 saturated heterocycles. The van der Waals surface area contributed by atoms with Crippen LogP contribution in [0.15, 0.2) is 24.3 Å². The second-order valence-electron chi connectivity index (χ2n) is 4.93. The van der Waals surface area contributed by atoms with Gasteiger partial charge in [-0.1, -0.05) is 11.6 Å². The number of rotatable bonds is 6. The van der Waals surface area contributed by atoms with E-state index in [1.165, 1.54) is 11.8 Å². The lowest BCUT2D eigenvalue weighted by molar-refractivity contribution is -0.144. The molecule has 2 amide bonds. The summed E-state index contributed by atoms with van der Waals surface area (Å²) in [7, 11) is 0. The molecule has 24 heavy (non-hydrogen) atoms. The van der Waals surface area contributed by atoms with Crippen LogP contribution < -0.4 is 10.6 Å². The summed E-state index contributed by atoms with van der Waals surface area (Å²) in [5.41, 5.74) is 6.19. The molecule has 132 valence electrons. The first kappa shape index (κ1) is 20.8. The minimum atomic E-state index is -0.813. The van der Waals surface area contributed by atoms with E-state index in [9.17, 15) is 14.4 Å². The number of benzene rings is 1. The molecule has 1 heterocycles. The molecular weight excluding hydrogens is 375 g/mol. The predicted octanol–water partition coefficient (Wildman–Crippen LogP) is 2.02. The first-order valence-electron chi connectivity index (χ1n) is 7.10. The fourth-order valence-corrected chi connectivity index (χ4v) is 3.34. The van der Waals surface area contributed by atoms with Gasteiger partial charge in [0.1, 0.15) is 6.04 Å². The van der Waals surface area contributed by atoms with E-state index in [1.54, 1.807) is 31.2 Å². The standard InChI is InChI=1S/C15H17ClN2O4S.ClH/c1-2-22-15(21)11(17)8-23-12-7-13(19)18(14(12)20)10-5-3-9(16)4-6-10;/h3-6,11-12H,2,7-8,17H2,1H3;1H/t11-,12?;/m0./s1. The summed E-state index contributed by atoms with van der Waals surface area (Å²) in [6.07, 6.45) is 0.0850. The number of ether oxygens (including phenoxy) is 1. The van der Waals surface area contributed by atoms with E-state index in [0.717, 1.165) is 4.90 Å². The van der Waals surface area contributed by atoms with Crippen molar-refractivity contribution in [2.45, 2.75) is 24.6 Å². The largest absolute Gasteiger partial charge is 0.465 e. The first-order valence-corrected chi connectivity index (χ1v) is 8.53. The lowest BCUT2D eigenvalue weighted by Crippen LogP contribution is -2.36. The maximum atomic E-state index is 12.4. The Kier molecular flexibility index (Phi) is 8.02. The van der Waals surface area contributed by atoms with Gasteiger partial charge in [0.25, 0.3) is 0 Å². The van der Waals surface area contributed by atoms with E-state index in [-0.39, 0.29) is 43.0 Å². The smallest absolute Gasteiger partial charge is 0.323 e. The second-order valence-corrected chi connectivity index (χ2v) is 6.60. The zero-order valence-corrected chi connectivity index (χ0v) is 15.3. The lowest BCUT2D eigenvalue weighted by Gasteiger charge is -2.15. The van der Waals surface area contributed by atoms with Crippen LogP contribution in [0.1, 0.15) is 13.3 Å². The Labute approximate surface area is 155 Å². The van der Waals surface area contributed by atoms with E-state index in [1.807, 2.05) is 0 Å². The van der Waals surface area contributed by atoms with Gasteiger partial charge in [0.05, 0.1) is 17.5 Å². The van der Waals surface area contributed by atoms with Gasteiger partial charge in [-0.3, -0.25) is 14.4 Å².